The summed E-state index contributed by atoms with van der Waals surface area (Å²) in [6.45, 7) is 6.29. The van der Waals surface area contributed by atoms with Crippen LogP contribution >= 0.6 is 0 Å². The van der Waals surface area contributed by atoms with Crippen LogP contribution in [-0.4, -0.2) is 32.5 Å². The topological polar surface area (TPSA) is 193 Å². The summed E-state index contributed by atoms with van der Waals surface area (Å²) in [5.41, 5.74) is 11.0. The molecular formula is C32H29N5O7S2. The Bertz CT molecular complexity index is 2250. The zero-order valence-electron chi connectivity index (χ0n) is 24.9. The number of hydrogen-bond acceptors (Lipinski definition) is 10. The number of nitrogens with two attached hydrogens (primary N) is 1. The van der Waals surface area contributed by atoms with Gasteiger partial charge < -0.3 is 10.5 Å². The Balaban J connectivity index is 1.43. The van der Waals surface area contributed by atoms with Gasteiger partial charge in [0.25, 0.3) is 20.2 Å². The molecule has 0 amide bonds. The molecule has 4 N–H and O–H groups in total. The van der Waals surface area contributed by atoms with Crippen molar-refractivity contribution in [3.05, 3.63) is 96.1 Å². The van der Waals surface area contributed by atoms with Crippen molar-refractivity contribution >= 4 is 59.4 Å². The first kappa shape index (κ1) is 32.4. The first-order chi connectivity index (χ1) is 21.7. The third-order valence-corrected chi connectivity index (χ3v) is 8.81. The molecule has 5 rings (SSSR count). The monoisotopic (exact) mass is 659 g/mol. The van der Waals surface area contributed by atoms with Crippen molar-refractivity contribution in [3.8, 4) is 16.9 Å². The summed E-state index contributed by atoms with van der Waals surface area (Å²) in [5, 5.41) is 17.5. The van der Waals surface area contributed by atoms with Gasteiger partial charge in [-0.2, -0.15) is 32.2 Å². The number of hydrogen-bond donors (Lipinski definition) is 3. The SMILES string of the molecule is CCOc1ccc(N=Nc2ccc(-c3ccc(N=Nc4c(N)c(S(=O)(=O)O)cc5cc(S(=O)(=O)O)ccc45)c(C)c3)cc2C)cc1. The number of fused-ring (bicyclic) bond motifs is 1. The summed E-state index contributed by atoms with van der Waals surface area (Å²) >= 11 is 0. The highest BCUT2D eigenvalue weighted by Gasteiger charge is 2.21. The van der Waals surface area contributed by atoms with Crippen molar-refractivity contribution < 1.29 is 30.7 Å². The summed E-state index contributed by atoms with van der Waals surface area (Å²) < 4.78 is 72.0. The molecule has 0 bridgehead atoms. The van der Waals surface area contributed by atoms with Crippen LogP contribution in [0.3, 0.4) is 0 Å². The maximum atomic E-state index is 12.0. The first-order valence-electron chi connectivity index (χ1n) is 13.8. The Morgan fingerprint density at radius 3 is 1.80 bits per heavy atom. The predicted octanol–water partition coefficient (Wildman–Crippen LogP) is 8.43. The van der Waals surface area contributed by atoms with Crippen LogP contribution in [0.2, 0.25) is 0 Å². The summed E-state index contributed by atoms with van der Waals surface area (Å²) in [4.78, 5) is -1.15. The summed E-state index contributed by atoms with van der Waals surface area (Å²) in [7, 11) is -9.39. The average molecular weight is 660 g/mol. The lowest BCUT2D eigenvalue weighted by molar-refractivity contribution is 0.340. The summed E-state index contributed by atoms with van der Waals surface area (Å²) in [6.07, 6.45) is 0. The number of rotatable bonds is 9. The normalized spacial score (nSPS) is 12.4. The standard InChI is InChI=1S/C32H29N5O7S2/c1-4-44-25-9-7-24(8-10-25)34-35-28-13-5-21(15-19(28)2)22-6-14-29(20(3)16-22)36-37-32-27-12-11-26(45(38,39)40)17-23(27)18-30(31(32)33)46(41,42)43/h5-18H,4,33H2,1-3H3,(H,38,39,40)(H,41,42,43). The van der Waals surface area contributed by atoms with Gasteiger partial charge in [-0.25, -0.2) is 0 Å². The van der Waals surface area contributed by atoms with Crippen LogP contribution in [0, 0.1) is 13.8 Å². The Morgan fingerprint density at radius 1 is 0.696 bits per heavy atom. The van der Waals surface area contributed by atoms with Crippen molar-refractivity contribution in [2.45, 2.75) is 30.6 Å². The van der Waals surface area contributed by atoms with E-state index < -0.39 is 30.0 Å². The van der Waals surface area contributed by atoms with Gasteiger partial charge in [0.2, 0.25) is 0 Å². The van der Waals surface area contributed by atoms with Crippen LogP contribution in [0.25, 0.3) is 21.9 Å². The fourth-order valence-corrected chi connectivity index (χ4v) is 5.89. The molecule has 5 aromatic rings. The molecule has 0 saturated heterocycles. The minimum absolute atomic E-state index is 0.0517. The van der Waals surface area contributed by atoms with E-state index >= 15 is 0 Å². The molecule has 14 heteroatoms. The Labute approximate surface area is 265 Å². The average Bonchev–Trinajstić information content (AvgIpc) is 3.00. The van der Waals surface area contributed by atoms with Crippen LogP contribution in [0.15, 0.2) is 115 Å². The van der Waals surface area contributed by atoms with E-state index in [9.17, 15) is 25.9 Å². The van der Waals surface area contributed by atoms with Gasteiger partial charge in [0.05, 0.1) is 34.3 Å². The van der Waals surface area contributed by atoms with Gasteiger partial charge in [0, 0.05) is 5.39 Å². The molecule has 236 valence electrons. The van der Waals surface area contributed by atoms with Gasteiger partial charge in [-0.3, -0.25) is 9.11 Å². The number of nitrogen functional groups attached to an aromatic ring is 1. The maximum Gasteiger partial charge on any atom is 0.296 e. The first-order valence-corrected chi connectivity index (χ1v) is 16.7. The molecule has 0 radical (unpaired) electrons. The minimum Gasteiger partial charge on any atom is -0.494 e. The molecule has 0 unspecified atom stereocenters. The molecule has 0 atom stereocenters. The third-order valence-electron chi connectivity index (χ3n) is 7.07. The number of ether oxygens (including phenoxy) is 1. The van der Waals surface area contributed by atoms with Crippen molar-refractivity contribution in [1.82, 2.24) is 0 Å². The molecule has 5 aromatic carbocycles. The largest absolute Gasteiger partial charge is 0.494 e. The highest BCUT2D eigenvalue weighted by Crippen LogP contribution is 2.40. The van der Waals surface area contributed by atoms with Crippen molar-refractivity contribution in [2.24, 2.45) is 20.5 Å². The number of benzene rings is 5. The van der Waals surface area contributed by atoms with Gasteiger partial charge in [-0.15, -0.1) is 5.11 Å². The van der Waals surface area contributed by atoms with Gasteiger partial charge in [-0.05, 0) is 115 Å². The molecule has 0 saturated carbocycles. The Morgan fingerprint density at radius 2 is 1.28 bits per heavy atom. The Hall–Kier alpha value is -5.02. The van der Waals surface area contributed by atoms with Crippen LogP contribution in [0.4, 0.5) is 28.4 Å². The van der Waals surface area contributed by atoms with E-state index in [1.165, 1.54) is 6.07 Å². The van der Waals surface area contributed by atoms with E-state index in [4.69, 9.17) is 10.5 Å². The van der Waals surface area contributed by atoms with E-state index in [1.807, 2.05) is 75.4 Å². The molecule has 0 aliphatic rings. The van der Waals surface area contributed by atoms with E-state index in [-0.39, 0.29) is 22.1 Å². The lowest BCUT2D eigenvalue weighted by atomic mass is 10.0. The van der Waals surface area contributed by atoms with Crippen LogP contribution < -0.4 is 10.5 Å². The minimum atomic E-state index is -4.81. The number of azo groups is 2. The van der Waals surface area contributed by atoms with Crippen molar-refractivity contribution in [1.29, 1.82) is 0 Å². The smallest absolute Gasteiger partial charge is 0.296 e. The highest BCUT2D eigenvalue weighted by molar-refractivity contribution is 7.86. The maximum absolute atomic E-state index is 12.0. The fourth-order valence-electron chi connectivity index (χ4n) is 4.72. The number of aryl methyl sites for hydroxylation is 2. The van der Waals surface area contributed by atoms with E-state index in [2.05, 4.69) is 20.5 Å². The van der Waals surface area contributed by atoms with Gasteiger partial charge in [0.15, 0.2) is 0 Å². The van der Waals surface area contributed by atoms with E-state index in [1.54, 1.807) is 6.07 Å². The van der Waals surface area contributed by atoms with E-state index in [0.717, 1.165) is 51.9 Å². The number of anilines is 1. The van der Waals surface area contributed by atoms with Crippen LogP contribution in [-0.2, 0) is 20.2 Å². The molecule has 0 fully saturated rings. The fraction of sp³-hybridized carbons (Fsp3) is 0.125. The van der Waals surface area contributed by atoms with Gasteiger partial charge in [0.1, 0.15) is 16.3 Å². The lowest BCUT2D eigenvalue weighted by Crippen LogP contribution is -2.04. The molecule has 0 aromatic heterocycles. The lowest BCUT2D eigenvalue weighted by Gasteiger charge is -2.11. The third kappa shape index (κ3) is 7.10. The zero-order valence-corrected chi connectivity index (χ0v) is 26.5. The molecule has 0 aliphatic carbocycles. The number of nitrogens with zero attached hydrogens (tertiary/aromatic N) is 4. The Kier molecular flexibility index (Phi) is 8.99. The van der Waals surface area contributed by atoms with Gasteiger partial charge in [-0.1, -0.05) is 18.2 Å². The van der Waals surface area contributed by atoms with Gasteiger partial charge >= 0.3 is 0 Å². The predicted molar refractivity (Wildman–Crippen MR) is 175 cm³/mol. The second-order valence-electron chi connectivity index (χ2n) is 10.3. The second kappa shape index (κ2) is 12.8. The van der Waals surface area contributed by atoms with Crippen LogP contribution in [0.5, 0.6) is 5.75 Å². The molecular weight excluding hydrogens is 631 g/mol. The zero-order chi connectivity index (χ0) is 33.2. The quantitative estimate of drug-likeness (QED) is 0.0796. The highest BCUT2D eigenvalue weighted by atomic mass is 32.2. The molecule has 46 heavy (non-hydrogen) atoms. The molecule has 0 aliphatic heterocycles. The summed E-state index contributed by atoms with van der Waals surface area (Å²) in [6, 6.07) is 23.2. The molecule has 0 spiro atoms. The summed E-state index contributed by atoms with van der Waals surface area (Å²) in [5.74, 6) is 0.769. The molecule has 0 heterocycles. The molecule has 12 nitrogen and oxygen atoms in total. The van der Waals surface area contributed by atoms with Crippen LogP contribution in [0.1, 0.15) is 18.1 Å². The second-order valence-corrected chi connectivity index (χ2v) is 13.1. The van der Waals surface area contributed by atoms with E-state index in [0.29, 0.717) is 18.0 Å². The van der Waals surface area contributed by atoms with Crippen molar-refractivity contribution in [3.63, 3.8) is 0 Å². The van der Waals surface area contributed by atoms with Crippen molar-refractivity contribution in [2.75, 3.05) is 12.3 Å².